The first-order valence-electron chi connectivity index (χ1n) is 13.3. The highest BCUT2D eigenvalue weighted by molar-refractivity contribution is 5.91. The van der Waals surface area contributed by atoms with E-state index in [1.807, 2.05) is 60.1 Å². The number of aryl methyl sites for hydroxylation is 1. The summed E-state index contributed by atoms with van der Waals surface area (Å²) in [5.41, 5.74) is 3.68. The maximum Gasteiger partial charge on any atom is 0.325 e. The van der Waals surface area contributed by atoms with Crippen molar-refractivity contribution >= 4 is 28.9 Å². The van der Waals surface area contributed by atoms with E-state index >= 15 is 0 Å². The third-order valence-corrected chi connectivity index (χ3v) is 6.71. The van der Waals surface area contributed by atoms with Crippen molar-refractivity contribution in [1.82, 2.24) is 30.0 Å². The van der Waals surface area contributed by atoms with Crippen LogP contribution in [0.2, 0.25) is 0 Å². The number of carbonyl (C=O) groups excluding carboxylic acids is 2. The fourth-order valence-electron chi connectivity index (χ4n) is 4.85. The van der Waals surface area contributed by atoms with Gasteiger partial charge in [0.05, 0.1) is 23.4 Å². The fraction of sp³-hybridized carbons (Fsp3) is 0.345. The van der Waals surface area contributed by atoms with Gasteiger partial charge in [-0.1, -0.05) is 48.5 Å². The zero-order valence-corrected chi connectivity index (χ0v) is 22.3. The van der Waals surface area contributed by atoms with Crippen LogP contribution in [0.25, 0.3) is 16.7 Å². The van der Waals surface area contributed by atoms with Crippen molar-refractivity contribution in [2.45, 2.75) is 26.7 Å². The fourth-order valence-corrected chi connectivity index (χ4v) is 4.85. The number of anilines is 1. The van der Waals surface area contributed by atoms with Crippen molar-refractivity contribution < 1.29 is 14.3 Å². The van der Waals surface area contributed by atoms with E-state index in [-0.39, 0.29) is 19.2 Å². The first-order chi connectivity index (χ1) is 19.0. The van der Waals surface area contributed by atoms with Crippen LogP contribution in [-0.2, 0) is 16.0 Å². The molecule has 2 aromatic carbocycles. The zero-order chi connectivity index (χ0) is 27.2. The van der Waals surface area contributed by atoms with Crippen molar-refractivity contribution in [2.75, 3.05) is 44.2 Å². The highest BCUT2D eigenvalue weighted by Gasteiger charge is 2.25. The lowest BCUT2D eigenvalue weighted by molar-refractivity contribution is -0.141. The molecule has 10 nitrogen and oxygen atoms in total. The lowest BCUT2D eigenvalue weighted by atomic mass is 10.1. The Kier molecular flexibility index (Phi) is 8.00. The highest BCUT2D eigenvalue weighted by atomic mass is 16.5. The molecule has 1 fully saturated rings. The third-order valence-electron chi connectivity index (χ3n) is 6.71. The summed E-state index contributed by atoms with van der Waals surface area (Å²) in [5, 5.41) is 8.44. The first kappa shape index (κ1) is 26.1. The summed E-state index contributed by atoms with van der Waals surface area (Å²) in [6.45, 7) is 6.28. The van der Waals surface area contributed by atoms with Gasteiger partial charge in [0.25, 0.3) is 0 Å². The van der Waals surface area contributed by atoms with Crippen molar-refractivity contribution in [3.05, 3.63) is 77.7 Å². The molecular formula is C29H33N7O3. The average molecular weight is 528 g/mol. The molecule has 0 saturated carbocycles. The number of amides is 2. The molecule has 0 radical (unpaired) electrons. The van der Waals surface area contributed by atoms with Crippen LogP contribution in [0.1, 0.15) is 30.4 Å². The van der Waals surface area contributed by atoms with Gasteiger partial charge in [-0.2, -0.15) is 5.10 Å². The van der Waals surface area contributed by atoms with Crippen LogP contribution in [0.4, 0.5) is 10.6 Å². The lowest BCUT2D eigenvalue weighted by Gasteiger charge is -2.24. The molecule has 1 aliphatic rings. The van der Waals surface area contributed by atoms with Gasteiger partial charge in [-0.05, 0) is 38.0 Å². The zero-order valence-electron chi connectivity index (χ0n) is 22.3. The smallest absolute Gasteiger partial charge is 0.325 e. The number of urea groups is 1. The van der Waals surface area contributed by atoms with Gasteiger partial charge in [0.2, 0.25) is 0 Å². The van der Waals surface area contributed by atoms with Crippen LogP contribution >= 0.6 is 0 Å². The number of ether oxygens (including phenoxy) is 1. The number of rotatable bonds is 7. The molecule has 0 atom stereocenters. The summed E-state index contributed by atoms with van der Waals surface area (Å²) in [6, 6.07) is 19.9. The first-order valence-corrected chi connectivity index (χ1v) is 13.3. The normalized spacial score (nSPS) is 13.8. The molecule has 0 bridgehead atoms. The van der Waals surface area contributed by atoms with E-state index in [0.717, 1.165) is 46.8 Å². The monoisotopic (exact) mass is 527 g/mol. The minimum absolute atomic E-state index is 0.139. The van der Waals surface area contributed by atoms with Gasteiger partial charge < -0.3 is 19.9 Å². The number of esters is 1. The Morgan fingerprint density at radius 3 is 2.44 bits per heavy atom. The maximum absolute atomic E-state index is 12.7. The largest absolute Gasteiger partial charge is 0.465 e. The second kappa shape index (κ2) is 11.9. The van der Waals surface area contributed by atoms with Crippen LogP contribution < -0.4 is 10.2 Å². The second-order valence-electron chi connectivity index (χ2n) is 9.45. The minimum atomic E-state index is -0.442. The van der Waals surface area contributed by atoms with Crippen molar-refractivity contribution in [3.63, 3.8) is 0 Å². The lowest BCUT2D eigenvalue weighted by Crippen LogP contribution is -2.44. The second-order valence-corrected chi connectivity index (χ2v) is 9.45. The molecule has 10 heteroatoms. The number of aromatic nitrogens is 4. The summed E-state index contributed by atoms with van der Waals surface area (Å²) < 4.78 is 6.80. The van der Waals surface area contributed by atoms with E-state index in [2.05, 4.69) is 22.3 Å². The summed E-state index contributed by atoms with van der Waals surface area (Å²) in [6.07, 6.45) is 1.36. The van der Waals surface area contributed by atoms with E-state index < -0.39 is 5.97 Å². The topological polar surface area (TPSA) is 105 Å². The van der Waals surface area contributed by atoms with Crippen molar-refractivity contribution in [1.29, 1.82) is 0 Å². The molecule has 2 amide bonds. The Balaban J connectivity index is 1.46. The van der Waals surface area contributed by atoms with Gasteiger partial charge in [-0.25, -0.2) is 19.4 Å². The number of fused-ring (bicyclic) bond motifs is 1. The van der Waals surface area contributed by atoms with Gasteiger partial charge >= 0.3 is 12.0 Å². The van der Waals surface area contributed by atoms with Gasteiger partial charge in [-0.15, -0.1) is 0 Å². The van der Waals surface area contributed by atoms with E-state index in [1.165, 1.54) is 0 Å². The molecule has 2 aromatic heterocycles. The molecule has 0 aliphatic carbocycles. The van der Waals surface area contributed by atoms with Gasteiger partial charge in [-0.3, -0.25) is 4.79 Å². The molecule has 0 unspecified atom stereocenters. The Hall–Kier alpha value is -4.47. The minimum Gasteiger partial charge on any atom is -0.465 e. The Bertz CT molecular complexity index is 1440. The number of carbonyl (C=O) groups is 2. The van der Waals surface area contributed by atoms with Gasteiger partial charge in [0.15, 0.2) is 5.65 Å². The van der Waals surface area contributed by atoms with Crippen molar-refractivity contribution in [3.8, 4) is 5.69 Å². The summed E-state index contributed by atoms with van der Waals surface area (Å²) >= 11 is 0. The quantitative estimate of drug-likeness (QED) is 0.367. The van der Waals surface area contributed by atoms with E-state index in [4.69, 9.17) is 19.8 Å². The number of nitrogens with one attached hydrogen (secondary N) is 1. The van der Waals surface area contributed by atoms with E-state index in [9.17, 15) is 9.59 Å². The SMILES string of the molecule is CCOC(=O)CNC(=O)N1CCCN(c2nc(Cc3ccccc3)nc3c2c(C)nn3-c2ccccc2)CC1. The van der Waals surface area contributed by atoms with Crippen LogP contribution in [0, 0.1) is 6.92 Å². The highest BCUT2D eigenvalue weighted by Crippen LogP contribution is 2.30. The molecule has 0 spiro atoms. The Morgan fingerprint density at radius 2 is 1.69 bits per heavy atom. The van der Waals surface area contributed by atoms with E-state index in [1.54, 1.807) is 11.8 Å². The van der Waals surface area contributed by atoms with Crippen LogP contribution in [0.5, 0.6) is 0 Å². The number of hydrogen-bond acceptors (Lipinski definition) is 7. The van der Waals surface area contributed by atoms with Gasteiger partial charge in [0, 0.05) is 32.6 Å². The van der Waals surface area contributed by atoms with Crippen LogP contribution in [-0.4, -0.2) is 76.0 Å². The number of para-hydroxylation sites is 1. The average Bonchev–Trinajstić information content (AvgIpc) is 3.11. The molecule has 1 aliphatic heterocycles. The molecule has 1 saturated heterocycles. The van der Waals surface area contributed by atoms with E-state index in [0.29, 0.717) is 31.9 Å². The maximum atomic E-state index is 12.7. The summed E-state index contributed by atoms with van der Waals surface area (Å²) in [4.78, 5) is 38.4. The summed E-state index contributed by atoms with van der Waals surface area (Å²) in [5.74, 6) is 1.11. The summed E-state index contributed by atoms with van der Waals surface area (Å²) in [7, 11) is 0. The Morgan fingerprint density at radius 1 is 0.949 bits per heavy atom. The van der Waals surface area contributed by atoms with Crippen LogP contribution in [0.15, 0.2) is 60.7 Å². The number of nitrogens with zero attached hydrogens (tertiary/aromatic N) is 6. The third kappa shape index (κ3) is 6.00. The number of hydrogen-bond donors (Lipinski definition) is 1. The van der Waals surface area contributed by atoms with Crippen LogP contribution in [0.3, 0.4) is 0 Å². The molecule has 1 N–H and O–H groups in total. The molecule has 202 valence electrons. The molecule has 39 heavy (non-hydrogen) atoms. The van der Waals surface area contributed by atoms with Crippen molar-refractivity contribution in [2.24, 2.45) is 0 Å². The molecule has 5 rings (SSSR count). The molecule has 3 heterocycles. The molecular weight excluding hydrogens is 494 g/mol. The number of benzene rings is 2. The predicted octanol–water partition coefficient (Wildman–Crippen LogP) is 3.50. The molecule has 4 aromatic rings. The predicted molar refractivity (Wildman–Crippen MR) is 149 cm³/mol. The van der Waals surface area contributed by atoms with Gasteiger partial charge in [0.1, 0.15) is 18.2 Å². The standard InChI is InChI=1S/C29H33N7O3/c1-3-39-25(37)20-30-29(38)35-16-10-15-34(17-18-35)27-26-21(2)33-36(23-13-8-5-9-14-23)28(26)32-24(31-27)19-22-11-6-4-7-12-22/h4-9,11-14H,3,10,15-20H2,1-2H3,(H,30,38). The Labute approximate surface area is 227 Å².